The second-order valence-corrected chi connectivity index (χ2v) is 2.56. The molecular formula is C10H19NO. The fourth-order valence-electron chi connectivity index (χ4n) is 0.997. The van der Waals surface area contributed by atoms with Crippen molar-refractivity contribution in [2.45, 2.75) is 26.3 Å². The molecule has 0 radical (unpaired) electrons. The van der Waals surface area contributed by atoms with E-state index in [1.165, 1.54) is 0 Å². The van der Waals surface area contributed by atoms with E-state index in [2.05, 4.69) is 25.4 Å². The molecule has 0 fully saturated rings. The van der Waals surface area contributed by atoms with Crippen LogP contribution in [0.15, 0.2) is 25.0 Å². The molecule has 0 aliphatic heterocycles. The van der Waals surface area contributed by atoms with Crippen LogP contribution in [0, 0.1) is 0 Å². The lowest BCUT2D eigenvalue weighted by molar-refractivity contribution is 0.200. The van der Waals surface area contributed by atoms with Crippen molar-refractivity contribution in [1.29, 1.82) is 0 Å². The quantitative estimate of drug-likeness (QED) is 0.465. The maximum Gasteiger partial charge on any atom is 0.106 e. The summed E-state index contributed by atoms with van der Waals surface area (Å²) in [5, 5.41) is 3.26. The normalized spacial score (nSPS) is 12.2. The van der Waals surface area contributed by atoms with Crippen LogP contribution in [-0.4, -0.2) is 19.2 Å². The van der Waals surface area contributed by atoms with Crippen molar-refractivity contribution in [3.8, 4) is 0 Å². The molecule has 0 heterocycles. The highest BCUT2D eigenvalue weighted by molar-refractivity contribution is 4.97. The van der Waals surface area contributed by atoms with E-state index in [9.17, 15) is 0 Å². The van der Waals surface area contributed by atoms with Crippen molar-refractivity contribution in [3.05, 3.63) is 25.0 Å². The summed E-state index contributed by atoms with van der Waals surface area (Å²) in [6.45, 7) is 13.0. The number of hydrogen-bond donors (Lipinski definition) is 1. The molecule has 2 heteroatoms. The van der Waals surface area contributed by atoms with E-state index in [1.807, 2.05) is 13.0 Å². The third-order valence-corrected chi connectivity index (χ3v) is 1.64. The van der Waals surface area contributed by atoms with Crippen molar-refractivity contribution in [3.63, 3.8) is 0 Å². The van der Waals surface area contributed by atoms with Crippen LogP contribution in [0.5, 0.6) is 0 Å². The standard InChI is InChI=1S/C10H19NO/c1-5-8-11-10(6-2)9(4)12-7-3/h5,10-11H,1,4,6-8H2,2-3H3. The maximum atomic E-state index is 5.30. The lowest BCUT2D eigenvalue weighted by Gasteiger charge is -2.18. The Morgan fingerprint density at radius 3 is 2.67 bits per heavy atom. The zero-order valence-electron chi connectivity index (χ0n) is 8.10. The molecule has 0 rings (SSSR count). The van der Waals surface area contributed by atoms with E-state index in [1.54, 1.807) is 0 Å². The smallest absolute Gasteiger partial charge is 0.106 e. The first-order chi connectivity index (χ1) is 5.76. The second-order valence-electron chi connectivity index (χ2n) is 2.56. The molecule has 0 amide bonds. The Balaban J connectivity index is 3.78. The molecule has 0 aliphatic carbocycles. The molecule has 0 aliphatic rings. The Morgan fingerprint density at radius 2 is 2.25 bits per heavy atom. The van der Waals surface area contributed by atoms with Gasteiger partial charge in [0.15, 0.2) is 0 Å². The monoisotopic (exact) mass is 169 g/mol. The molecule has 1 unspecified atom stereocenters. The van der Waals surface area contributed by atoms with Crippen molar-refractivity contribution < 1.29 is 4.74 Å². The molecule has 0 aromatic carbocycles. The summed E-state index contributed by atoms with van der Waals surface area (Å²) in [7, 11) is 0. The zero-order valence-corrected chi connectivity index (χ0v) is 8.10. The first-order valence-corrected chi connectivity index (χ1v) is 4.42. The van der Waals surface area contributed by atoms with Gasteiger partial charge >= 0.3 is 0 Å². The zero-order chi connectivity index (χ0) is 9.40. The largest absolute Gasteiger partial charge is 0.497 e. The summed E-state index contributed by atoms with van der Waals surface area (Å²) < 4.78 is 5.30. The highest BCUT2D eigenvalue weighted by atomic mass is 16.5. The van der Waals surface area contributed by atoms with Crippen LogP contribution in [0.2, 0.25) is 0 Å². The second kappa shape index (κ2) is 6.92. The van der Waals surface area contributed by atoms with E-state index >= 15 is 0 Å². The van der Waals surface area contributed by atoms with E-state index in [4.69, 9.17) is 4.74 Å². The van der Waals surface area contributed by atoms with Crippen LogP contribution in [0.3, 0.4) is 0 Å². The summed E-state index contributed by atoms with van der Waals surface area (Å²) in [5.41, 5.74) is 0. The Hall–Kier alpha value is -0.760. The Bertz CT molecular complexity index is 143. The minimum atomic E-state index is 0.253. The van der Waals surface area contributed by atoms with Crippen molar-refractivity contribution in [1.82, 2.24) is 5.32 Å². The van der Waals surface area contributed by atoms with E-state index < -0.39 is 0 Å². The van der Waals surface area contributed by atoms with Crippen molar-refractivity contribution in [2.75, 3.05) is 13.2 Å². The summed E-state index contributed by atoms with van der Waals surface area (Å²) in [6.07, 6.45) is 2.83. The number of rotatable bonds is 7. The third kappa shape index (κ3) is 4.19. The van der Waals surface area contributed by atoms with Gasteiger partial charge in [0, 0.05) is 6.54 Å². The van der Waals surface area contributed by atoms with Gasteiger partial charge in [0.1, 0.15) is 5.76 Å². The minimum absolute atomic E-state index is 0.253. The average molecular weight is 169 g/mol. The maximum absolute atomic E-state index is 5.30. The molecule has 1 atom stereocenters. The van der Waals surface area contributed by atoms with Crippen molar-refractivity contribution in [2.24, 2.45) is 0 Å². The fraction of sp³-hybridized carbons (Fsp3) is 0.600. The van der Waals surface area contributed by atoms with E-state index in [0.717, 1.165) is 18.7 Å². The molecule has 0 saturated carbocycles. The predicted molar refractivity (Wildman–Crippen MR) is 53.0 cm³/mol. The fourth-order valence-corrected chi connectivity index (χ4v) is 0.997. The van der Waals surface area contributed by atoms with Crippen molar-refractivity contribution >= 4 is 0 Å². The van der Waals surface area contributed by atoms with Gasteiger partial charge in [-0.1, -0.05) is 19.6 Å². The van der Waals surface area contributed by atoms with E-state index in [0.29, 0.717) is 6.61 Å². The van der Waals surface area contributed by atoms with Crippen LogP contribution in [0.1, 0.15) is 20.3 Å². The first-order valence-electron chi connectivity index (χ1n) is 4.42. The highest BCUT2D eigenvalue weighted by Gasteiger charge is 2.08. The van der Waals surface area contributed by atoms with Gasteiger partial charge in [-0.25, -0.2) is 0 Å². The molecular weight excluding hydrogens is 150 g/mol. The molecule has 0 saturated heterocycles. The lowest BCUT2D eigenvalue weighted by atomic mass is 10.2. The molecule has 1 N–H and O–H groups in total. The first kappa shape index (κ1) is 11.2. The minimum Gasteiger partial charge on any atom is -0.497 e. The molecule has 0 aromatic heterocycles. The van der Waals surface area contributed by atoms with Crippen LogP contribution in [0.25, 0.3) is 0 Å². The molecule has 0 bridgehead atoms. The summed E-state index contributed by atoms with van der Waals surface area (Å²) in [6, 6.07) is 0.253. The van der Waals surface area contributed by atoms with Crippen LogP contribution < -0.4 is 5.32 Å². The van der Waals surface area contributed by atoms with Gasteiger partial charge in [-0.2, -0.15) is 0 Å². The molecule has 12 heavy (non-hydrogen) atoms. The molecule has 2 nitrogen and oxygen atoms in total. The van der Waals surface area contributed by atoms with Gasteiger partial charge in [-0.05, 0) is 13.3 Å². The topological polar surface area (TPSA) is 21.3 Å². The molecule has 70 valence electrons. The van der Waals surface area contributed by atoms with Crippen LogP contribution in [0.4, 0.5) is 0 Å². The van der Waals surface area contributed by atoms with Gasteiger partial charge < -0.3 is 10.1 Å². The number of nitrogens with one attached hydrogen (secondary N) is 1. The number of hydrogen-bond acceptors (Lipinski definition) is 2. The van der Waals surface area contributed by atoms with Crippen LogP contribution >= 0.6 is 0 Å². The van der Waals surface area contributed by atoms with Gasteiger partial charge in [0.2, 0.25) is 0 Å². The van der Waals surface area contributed by atoms with Gasteiger partial charge in [0.25, 0.3) is 0 Å². The predicted octanol–water partition coefficient (Wildman–Crippen LogP) is 2.09. The lowest BCUT2D eigenvalue weighted by Crippen LogP contribution is -2.31. The molecule has 0 aromatic rings. The number of ether oxygens (including phenoxy) is 1. The Labute approximate surface area is 75.3 Å². The summed E-state index contributed by atoms with van der Waals surface area (Å²) in [4.78, 5) is 0. The van der Waals surface area contributed by atoms with Gasteiger partial charge in [-0.3, -0.25) is 0 Å². The third-order valence-electron chi connectivity index (χ3n) is 1.64. The van der Waals surface area contributed by atoms with Crippen LogP contribution in [-0.2, 0) is 4.74 Å². The van der Waals surface area contributed by atoms with Gasteiger partial charge in [0.05, 0.1) is 12.6 Å². The van der Waals surface area contributed by atoms with E-state index in [-0.39, 0.29) is 6.04 Å². The Kier molecular flexibility index (Phi) is 6.48. The molecule has 0 spiro atoms. The SMILES string of the molecule is C=CCNC(CC)C(=C)OCC. The Morgan fingerprint density at radius 1 is 1.58 bits per heavy atom. The summed E-state index contributed by atoms with van der Waals surface area (Å²) >= 11 is 0. The average Bonchev–Trinajstić information content (AvgIpc) is 2.06. The van der Waals surface area contributed by atoms with Gasteiger partial charge in [-0.15, -0.1) is 6.58 Å². The summed E-state index contributed by atoms with van der Waals surface area (Å²) in [5.74, 6) is 0.821. The highest BCUT2D eigenvalue weighted by Crippen LogP contribution is 2.04.